The summed E-state index contributed by atoms with van der Waals surface area (Å²) >= 11 is 0.894. The highest BCUT2D eigenvalue weighted by molar-refractivity contribution is 8.18. The fourth-order valence-electron chi connectivity index (χ4n) is 3.68. The van der Waals surface area contributed by atoms with Crippen LogP contribution in [-0.4, -0.2) is 41.8 Å². The van der Waals surface area contributed by atoms with Gasteiger partial charge in [0.15, 0.2) is 11.5 Å². The largest absolute Gasteiger partial charge is 0.454 e. The van der Waals surface area contributed by atoms with Gasteiger partial charge in [0.05, 0.1) is 10.8 Å². The first-order chi connectivity index (χ1) is 15.6. The second kappa shape index (κ2) is 9.91. The summed E-state index contributed by atoms with van der Waals surface area (Å²) in [7, 11) is 0. The number of carbonyl (C=O) groups excluding carboxylic acids is 3. The number of hydrogen-bond acceptors (Lipinski definition) is 6. The van der Waals surface area contributed by atoms with Gasteiger partial charge in [-0.1, -0.05) is 49.7 Å². The molecule has 0 spiro atoms. The highest BCUT2D eigenvalue weighted by Gasteiger charge is 2.35. The van der Waals surface area contributed by atoms with E-state index in [1.165, 1.54) is 4.90 Å². The molecule has 32 heavy (non-hydrogen) atoms. The van der Waals surface area contributed by atoms with Crippen molar-refractivity contribution in [3.63, 3.8) is 0 Å². The number of ether oxygens (including phenoxy) is 2. The number of thioether (sulfide) groups is 1. The molecule has 3 amide bonds. The molecular weight excluding hydrogens is 428 g/mol. The number of rotatable bonds is 8. The highest BCUT2D eigenvalue weighted by Crippen LogP contribution is 2.36. The minimum Gasteiger partial charge on any atom is -0.454 e. The molecule has 1 fully saturated rings. The lowest BCUT2D eigenvalue weighted by Gasteiger charge is -2.18. The fraction of sp³-hybridized carbons (Fsp3) is 0.292. The molecule has 166 valence electrons. The van der Waals surface area contributed by atoms with Gasteiger partial charge in [0.2, 0.25) is 12.7 Å². The lowest BCUT2D eigenvalue weighted by molar-refractivity contribution is -0.125. The van der Waals surface area contributed by atoms with E-state index in [0.717, 1.165) is 35.7 Å². The Hall–Kier alpha value is -3.26. The Balaban J connectivity index is 1.36. The van der Waals surface area contributed by atoms with E-state index in [4.69, 9.17) is 9.47 Å². The fourth-order valence-corrected chi connectivity index (χ4v) is 4.55. The zero-order chi connectivity index (χ0) is 22.5. The van der Waals surface area contributed by atoms with Crippen molar-refractivity contribution >= 4 is 34.9 Å². The van der Waals surface area contributed by atoms with Crippen LogP contribution in [0.15, 0.2) is 53.4 Å². The smallest absolute Gasteiger partial charge is 0.293 e. The first kappa shape index (κ1) is 22.0. The molecule has 2 aliphatic heterocycles. The number of carbonyl (C=O) groups is 3. The molecule has 2 aromatic rings. The van der Waals surface area contributed by atoms with Crippen LogP contribution in [0.3, 0.4) is 0 Å². The molecule has 0 aromatic heterocycles. The Morgan fingerprint density at radius 3 is 2.72 bits per heavy atom. The van der Waals surface area contributed by atoms with Crippen molar-refractivity contribution in [1.29, 1.82) is 0 Å². The zero-order valence-corrected chi connectivity index (χ0v) is 18.5. The van der Waals surface area contributed by atoms with Crippen molar-refractivity contribution in [2.24, 2.45) is 0 Å². The molecule has 0 bridgehead atoms. The summed E-state index contributed by atoms with van der Waals surface area (Å²) in [5.41, 5.74) is 1.71. The van der Waals surface area contributed by atoms with Gasteiger partial charge in [-0.05, 0) is 47.5 Å². The Labute approximate surface area is 190 Å². The van der Waals surface area contributed by atoms with Crippen molar-refractivity contribution in [2.45, 2.75) is 25.7 Å². The van der Waals surface area contributed by atoms with E-state index in [2.05, 4.69) is 5.32 Å². The maximum atomic E-state index is 12.7. The molecule has 1 saturated heterocycles. The SMILES string of the molecule is CCCC(C(=O)NCCN1C(=O)SC(=Cc2ccc3c(c2)OCO3)C1=O)c1ccccc1. The van der Waals surface area contributed by atoms with Gasteiger partial charge >= 0.3 is 0 Å². The number of amides is 3. The van der Waals surface area contributed by atoms with Crippen molar-refractivity contribution in [2.75, 3.05) is 19.9 Å². The van der Waals surface area contributed by atoms with E-state index < -0.39 is 0 Å². The van der Waals surface area contributed by atoms with E-state index in [0.29, 0.717) is 16.4 Å². The molecule has 2 heterocycles. The third-order valence-electron chi connectivity index (χ3n) is 5.30. The third kappa shape index (κ3) is 4.80. The number of nitrogens with one attached hydrogen (secondary N) is 1. The van der Waals surface area contributed by atoms with E-state index in [-0.39, 0.29) is 42.9 Å². The van der Waals surface area contributed by atoms with Gasteiger partial charge in [0.1, 0.15) is 0 Å². The summed E-state index contributed by atoms with van der Waals surface area (Å²) in [5.74, 6) is 0.562. The molecular formula is C24H24N2O5S. The normalized spacial score (nSPS) is 17.2. The maximum absolute atomic E-state index is 12.7. The van der Waals surface area contributed by atoms with Crippen LogP contribution >= 0.6 is 11.8 Å². The summed E-state index contributed by atoms with van der Waals surface area (Å²) in [5, 5.41) is 2.54. The Bertz CT molecular complexity index is 1050. The number of imide groups is 1. The van der Waals surface area contributed by atoms with Crippen LogP contribution in [0.2, 0.25) is 0 Å². The number of hydrogen-bond donors (Lipinski definition) is 1. The Kier molecular flexibility index (Phi) is 6.80. The third-order valence-corrected chi connectivity index (χ3v) is 6.21. The van der Waals surface area contributed by atoms with Crippen LogP contribution in [0.25, 0.3) is 6.08 Å². The van der Waals surface area contributed by atoms with E-state index in [1.54, 1.807) is 24.3 Å². The van der Waals surface area contributed by atoms with Crippen LogP contribution in [0.1, 0.15) is 36.8 Å². The van der Waals surface area contributed by atoms with Crippen molar-refractivity contribution in [3.05, 3.63) is 64.6 Å². The molecule has 8 heteroatoms. The zero-order valence-electron chi connectivity index (χ0n) is 17.7. The summed E-state index contributed by atoms with van der Waals surface area (Å²) in [6.45, 7) is 2.55. The summed E-state index contributed by atoms with van der Waals surface area (Å²) < 4.78 is 10.6. The van der Waals surface area contributed by atoms with Crippen molar-refractivity contribution in [1.82, 2.24) is 10.2 Å². The van der Waals surface area contributed by atoms with Gasteiger partial charge in [-0.2, -0.15) is 0 Å². The molecule has 0 radical (unpaired) electrons. The average molecular weight is 453 g/mol. The van der Waals surface area contributed by atoms with Crippen molar-refractivity contribution < 1.29 is 23.9 Å². The monoisotopic (exact) mass is 452 g/mol. The second-order valence-corrected chi connectivity index (χ2v) is 8.48. The van der Waals surface area contributed by atoms with Gasteiger partial charge in [-0.3, -0.25) is 19.3 Å². The van der Waals surface area contributed by atoms with E-state index in [1.807, 2.05) is 37.3 Å². The molecule has 1 unspecified atom stereocenters. The molecule has 1 N–H and O–H groups in total. The summed E-state index contributed by atoms with van der Waals surface area (Å²) in [4.78, 5) is 39.4. The van der Waals surface area contributed by atoms with Gasteiger partial charge in [-0.25, -0.2) is 0 Å². The minimum atomic E-state index is -0.361. The minimum absolute atomic E-state index is 0.0964. The second-order valence-electron chi connectivity index (χ2n) is 7.49. The predicted molar refractivity (Wildman–Crippen MR) is 122 cm³/mol. The Morgan fingerprint density at radius 2 is 1.94 bits per heavy atom. The first-order valence-electron chi connectivity index (χ1n) is 10.5. The number of fused-ring (bicyclic) bond motifs is 1. The van der Waals surface area contributed by atoms with E-state index >= 15 is 0 Å². The number of benzene rings is 2. The van der Waals surface area contributed by atoms with Crippen LogP contribution in [0, 0.1) is 0 Å². The molecule has 0 saturated carbocycles. The number of nitrogens with zero attached hydrogens (tertiary/aromatic N) is 1. The van der Waals surface area contributed by atoms with Gasteiger partial charge in [-0.15, -0.1) is 0 Å². The van der Waals surface area contributed by atoms with Crippen LogP contribution in [-0.2, 0) is 9.59 Å². The van der Waals surface area contributed by atoms with Crippen LogP contribution < -0.4 is 14.8 Å². The first-order valence-corrected chi connectivity index (χ1v) is 11.4. The topological polar surface area (TPSA) is 84.9 Å². The molecule has 2 aliphatic rings. The lowest BCUT2D eigenvalue weighted by Crippen LogP contribution is -2.39. The maximum Gasteiger partial charge on any atom is 0.293 e. The highest BCUT2D eigenvalue weighted by atomic mass is 32.2. The molecule has 1 atom stereocenters. The van der Waals surface area contributed by atoms with Crippen LogP contribution in [0.5, 0.6) is 11.5 Å². The molecule has 2 aromatic carbocycles. The van der Waals surface area contributed by atoms with E-state index in [9.17, 15) is 14.4 Å². The predicted octanol–water partition coefficient (Wildman–Crippen LogP) is 4.15. The molecule has 7 nitrogen and oxygen atoms in total. The van der Waals surface area contributed by atoms with Gasteiger partial charge in [0.25, 0.3) is 11.1 Å². The van der Waals surface area contributed by atoms with Crippen LogP contribution in [0.4, 0.5) is 4.79 Å². The molecule has 4 rings (SSSR count). The van der Waals surface area contributed by atoms with Gasteiger partial charge in [0, 0.05) is 13.1 Å². The summed E-state index contributed by atoms with van der Waals surface area (Å²) in [6, 6.07) is 15.0. The summed E-state index contributed by atoms with van der Waals surface area (Å²) in [6.07, 6.45) is 3.27. The standard InChI is InChI=1S/C24H24N2O5S/c1-2-6-18(17-7-4-3-5-8-17)22(27)25-11-12-26-23(28)21(32-24(26)29)14-16-9-10-19-20(13-16)31-15-30-19/h3-5,7-10,13-14,18H,2,6,11-12,15H2,1H3,(H,25,27). The van der Waals surface area contributed by atoms with Gasteiger partial charge < -0.3 is 14.8 Å². The quantitative estimate of drug-likeness (QED) is 0.606. The Morgan fingerprint density at radius 1 is 1.16 bits per heavy atom. The lowest BCUT2D eigenvalue weighted by atomic mass is 9.94. The average Bonchev–Trinajstić information content (AvgIpc) is 3.37. The van der Waals surface area contributed by atoms with Crippen molar-refractivity contribution in [3.8, 4) is 11.5 Å². The molecule has 0 aliphatic carbocycles.